The number of hydrogen-bond acceptors (Lipinski definition) is 3. The number of fused-ring (bicyclic) bond motifs is 5. The fraction of sp³-hybridized carbons (Fsp3) is 0.917. The van der Waals surface area contributed by atoms with E-state index in [1.54, 1.807) is 5.57 Å². The van der Waals surface area contributed by atoms with Crippen molar-refractivity contribution in [2.75, 3.05) is 21.1 Å². The molecule has 0 spiro atoms. The van der Waals surface area contributed by atoms with Gasteiger partial charge in [-0.15, -0.1) is 0 Å². The third kappa shape index (κ3) is 2.87. The lowest BCUT2D eigenvalue weighted by Crippen LogP contribution is -2.53. The molecule has 0 aromatic carbocycles. The van der Waals surface area contributed by atoms with E-state index in [2.05, 4.69) is 58.2 Å². The second-order valence-electron chi connectivity index (χ2n) is 11.1. The number of allylic oxidation sites excluding steroid dienone is 1. The lowest BCUT2D eigenvalue weighted by molar-refractivity contribution is -0.0783. The molecule has 4 aliphatic rings. The topological polar surface area (TPSA) is 35.5 Å². The smallest absolute Gasteiger partial charge is 0.0580 e. The van der Waals surface area contributed by atoms with Crippen LogP contribution in [0.25, 0.3) is 0 Å². The lowest BCUT2D eigenvalue weighted by atomic mass is 9.47. The summed E-state index contributed by atoms with van der Waals surface area (Å²) < 4.78 is 0. The summed E-state index contributed by atoms with van der Waals surface area (Å²) >= 11 is 0. The molecule has 3 heteroatoms. The highest BCUT2D eigenvalue weighted by Crippen LogP contribution is 2.66. The maximum Gasteiger partial charge on any atom is 0.0580 e. The number of nitrogens with zero attached hydrogens (tertiary/aromatic N) is 1. The Bertz CT molecular complexity index is 601. The average Bonchev–Trinajstić information content (AvgIpc) is 2.91. The zero-order valence-corrected chi connectivity index (χ0v) is 18.5. The summed E-state index contributed by atoms with van der Waals surface area (Å²) in [6.45, 7) is 7.45. The van der Waals surface area contributed by atoms with E-state index >= 15 is 0 Å². The van der Waals surface area contributed by atoms with Crippen LogP contribution in [0.5, 0.6) is 0 Å². The molecule has 9 atom stereocenters. The Morgan fingerprint density at radius 1 is 1.22 bits per heavy atom. The van der Waals surface area contributed by atoms with Crippen LogP contribution in [-0.4, -0.2) is 49.3 Å². The van der Waals surface area contributed by atoms with E-state index in [4.69, 9.17) is 0 Å². The van der Waals surface area contributed by atoms with Crippen molar-refractivity contribution >= 4 is 0 Å². The molecule has 0 aromatic rings. The summed E-state index contributed by atoms with van der Waals surface area (Å²) in [5.41, 5.74) is 2.40. The van der Waals surface area contributed by atoms with Crippen LogP contribution in [0.15, 0.2) is 11.6 Å². The van der Waals surface area contributed by atoms with Gasteiger partial charge in [0.15, 0.2) is 0 Å². The van der Waals surface area contributed by atoms with Crippen LogP contribution in [0.4, 0.5) is 0 Å². The minimum Gasteiger partial charge on any atom is -0.393 e. The van der Waals surface area contributed by atoms with Crippen molar-refractivity contribution in [1.29, 1.82) is 0 Å². The standard InChI is InChI=1S/C24H42N2O/c1-15(26(5)6)20-14-21(27)22-18-8-7-16-13-17(25-4)9-11-23(16,2)19(18)10-12-24(20,22)3/h7,15,17-22,25,27H,8-14H2,1-6H3/t15-,17-,18+,19-,20+,21+,22+,23-,24+/m0/s1. The third-order valence-corrected chi connectivity index (χ3v) is 9.96. The molecule has 4 rings (SSSR count). The van der Waals surface area contributed by atoms with Crippen LogP contribution in [-0.2, 0) is 0 Å². The normalized spacial score (nSPS) is 50.6. The highest BCUT2D eigenvalue weighted by atomic mass is 16.3. The molecule has 154 valence electrons. The number of hydrogen-bond donors (Lipinski definition) is 2. The first kappa shape index (κ1) is 19.9. The highest BCUT2D eigenvalue weighted by molar-refractivity contribution is 5.26. The van der Waals surface area contributed by atoms with Crippen LogP contribution in [0, 0.1) is 34.5 Å². The van der Waals surface area contributed by atoms with Gasteiger partial charge in [-0.05, 0) is 108 Å². The van der Waals surface area contributed by atoms with Gasteiger partial charge < -0.3 is 15.3 Å². The van der Waals surface area contributed by atoms with E-state index in [9.17, 15) is 5.11 Å². The van der Waals surface area contributed by atoms with Crippen molar-refractivity contribution in [3.8, 4) is 0 Å². The van der Waals surface area contributed by atoms with Crippen molar-refractivity contribution in [1.82, 2.24) is 10.2 Å². The monoisotopic (exact) mass is 374 g/mol. The van der Waals surface area contributed by atoms with E-state index in [0.717, 1.165) is 12.3 Å². The molecular weight excluding hydrogens is 332 g/mol. The van der Waals surface area contributed by atoms with E-state index in [1.165, 1.54) is 38.5 Å². The summed E-state index contributed by atoms with van der Waals surface area (Å²) in [7, 11) is 6.53. The fourth-order valence-electron chi connectivity index (χ4n) is 8.13. The molecule has 27 heavy (non-hydrogen) atoms. The molecule has 0 aliphatic heterocycles. The van der Waals surface area contributed by atoms with Gasteiger partial charge in [0.25, 0.3) is 0 Å². The highest BCUT2D eigenvalue weighted by Gasteiger charge is 2.62. The average molecular weight is 375 g/mol. The zero-order valence-electron chi connectivity index (χ0n) is 18.5. The Morgan fingerprint density at radius 2 is 1.96 bits per heavy atom. The molecule has 0 radical (unpaired) electrons. The van der Waals surface area contributed by atoms with Gasteiger partial charge in [-0.1, -0.05) is 25.5 Å². The van der Waals surface area contributed by atoms with Crippen molar-refractivity contribution in [3.05, 3.63) is 11.6 Å². The largest absolute Gasteiger partial charge is 0.393 e. The van der Waals surface area contributed by atoms with Crippen molar-refractivity contribution in [2.45, 2.75) is 83.9 Å². The Kier molecular flexibility index (Phi) is 5.05. The van der Waals surface area contributed by atoms with Crippen LogP contribution >= 0.6 is 0 Å². The van der Waals surface area contributed by atoms with E-state index < -0.39 is 0 Å². The Morgan fingerprint density at radius 3 is 2.63 bits per heavy atom. The van der Waals surface area contributed by atoms with Gasteiger partial charge in [0.1, 0.15) is 0 Å². The quantitative estimate of drug-likeness (QED) is 0.731. The molecule has 2 N–H and O–H groups in total. The van der Waals surface area contributed by atoms with Crippen molar-refractivity contribution in [3.63, 3.8) is 0 Å². The number of aliphatic hydroxyl groups is 1. The van der Waals surface area contributed by atoms with Gasteiger partial charge in [0, 0.05) is 12.1 Å². The maximum atomic E-state index is 11.2. The first-order chi connectivity index (χ1) is 12.7. The number of nitrogens with one attached hydrogen (secondary N) is 1. The summed E-state index contributed by atoms with van der Waals surface area (Å²) in [6, 6.07) is 1.21. The fourth-order valence-corrected chi connectivity index (χ4v) is 8.13. The second-order valence-corrected chi connectivity index (χ2v) is 11.1. The van der Waals surface area contributed by atoms with Gasteiger partial charge >= 0.3 is 0 Å². The first-order valence-electron chi connectivity index (χ1n) is 11.4. The molecule has 3 saturated carbocycles. The summed E-state index contributed by atoms with van der Waals surface area (Å²) in [5, 5.41) is 14.8. The minimum absolute atomic E-state index is 0.109. The van der Waals surface area contributed by atoms with Crippen LogP contribution < -0.4 is 5.32 Å². The van der Waals surface area contributed by atoms with Crippen LogP contribution in [0.1, 0.15) is 65.7 Å². The molecule has 0 unspecified atom stereocenters. The molecule has 0 aromatic heterocycles. The summed E-state index contributed by atoms with van der Waals surface area (Å²) in [4.78, 5) is 2.37. The zero-order chi connectivity index (χ0) is 19.6. The van der Waals surface area contributed by atoms with Gasteiger partial charge in [0.2, 0.25) is 0 Å². The predicted molar refractivity (Wildman–Crippen MR) is 113 cm³/mol. The molecule has 0 saturated heterocycles. The molecule has 3 fully saturated rings. The van der Waals surface area contributed by atoms with Gasteiger partial charge in [0.05, 0.1) is 6.10 Å². The SMILES string of the molecule is CN[C@H]1CC[C@@]2(C)C(=CC[C@H]3[C@@H]4[C@H](O)C[C@H]([C@H](C)N(C)C)[C@@]4(C)CC[C@@H]32)C1. The first-order valence-corrected chi connectivity index (χ1v) is 11.4. The van der Waals surface area contributed by atoms with E-state index in [0.29, 0.717) is 40.7 Å². The maximum absolute atomic E-state index is 11.2. The van der Waals surface area contributed by atoms with Gasteiger partial charge in [-0.25, -0.2) is 0 Å². The third-order valence-electron chi connectivity index (χ3n) is 9.96. The molecule has 0 amide bonds. The second kappa shape index (κ2) is 6.85. The Hall–Kier alpha value is -0.380. The molecule has 3 nitrogen and oxygen atoms in total. The van der Waals surface area contributed by atoms with E-state index in [-0.39, 0.29) is 6.10 Å². The summed E-state index contributed by atoms with van der Waals surface area (Å²) in [5.74, 6) is 2.56. The van der Waals surface area contributed by atoms with Crippen LogP contribution in [0.3, 0.4) is 0 Å². The van der Waals surface area contributed by atoms with Crippen LogP contribution in [0.2, 0.25) is 0 Å². The molecule has 4 aliphatic carbocycles. The number of aliphatic hydroxyl groups excluding tert-OH is 1. The van der Waals surface area contributed by atoms with Crippen molar-refractivity contribution < 1.29 is 5.11 Å². The van der Waals surface area contributed by atoms with Gasteiger partial charge in [-0.3, -0.25) is 0 Å². The Labute approximate surface area is 167 Å². The summed E-state index contributed by atoms with van der Waals surface area (Å²) in [6.07, 6.45) is 11.2. The molecule has 0 heterocycles. The number of rotatable bonds is 3. The van der Waals surface area contributed by atoms with Gasteiger partial charge in [-0.2, -0.15) is 0 Å². The lowest BCUT2D eigenvalue weighted by Gasteiger charge is -2.59. The molecular formula is C24H42N2O. The van der Waals surface area contributed by atoms with E-state index in [1.807, 2.05) is 0 Å². The minimum atomic E-state index is -0.109. The molecule has 0 bridgehead atoms. The Balaban J connectivity index is 1.64. The van der Waals surface area contributed by atoms with Crippen molar-refractivity contribution in [2.24, 2.45) is 34.5 Å². The predicted octanol–water partition coefficient (Wildman–Crippen LogP) is 4.07.